The van der Waals surface area contributed by atoms with Crippen molar-refractivity contribution in [3.63, 3.8) is 0 Å². The first-order chi connectivity index (χ1) is 10.4. The molecule has 2 rings (SSSR count). The zero-order chi connectivity index (χ0) is 16.3. The Morgan fingerprint density at radius 3 is 1.32 bits per heavy atom. The van der Waals surface area contributed by atoms with E-state index in [0.29, 0.717) is 0 Å². The van der Waals surface area contributed by atoms with Crippen LogP contribution in [-0.4, -0.2) is 32.4 Å². The van der Waals surface area contributed by atoms with Gasteiger partial charge < -0.3 is 20.4 Å². The molecule has 0 bridgehead atoms. The first kappa shape index (κ1) is 15.7. The van der Waals surface area contributed by atoms with Crippen molar-refractivity contribution in [2.24, 2.45) is 0 Å². The maximum atomic E-state index is 11.2. The smallest absolute Gasteiger partial charge is 0.336 e. The third kappa shape index (κ3) is 2.98. The van der Waals surface area contributed by atoms with Crippen LogP contribution in [0.15, 0.2) is 48.5 Å². The number of aromatic carboxylic acids is 2. The lowest BCUT2D eigenvalue weighted by molar-refractivity contribution is 0.0152. The van der Waals surface area contributed by atoms with Gasteiger partial charge in [-0.2, -0.15) is 0 Å². The van der Waals surface area contributed by atoms with E-state index in [1.54, 1.807) is 0 Å². The summed E-state index contributed by atoms with van der Waals surface area (Å²) in [6, 6.07) is 11.4. The summed E-state index contributed by atoms with van der Waals surface area (Å²) in [6.07, 6.45) is -3.12. The molecule has 0 aliphatic rings. The molecule has 0 aliphatic heterocycles. The van der Waals surface area contributed by atoms with Gasteiger partial charge in [0.2, 0.25) is 0 Å². The van der Waals surface area contributed by atoms with E-state index in [0.717, 1.165) is 0 Å². The normalized spacial score (nSPS) is 13.4. The molecule has 0 radical (unpaired) electrons. The number of carboxylic acids is 2. The molecule has 0 saturated heterocycles. The van der Waals surface area contributed by atoms with Gasteiger partial charge >= 0.3 is 11.9 Å². The number of aliphatic hydroxyl groups excluding tert-OH is 2. The molecule has 2 aromatic carbocycles. The highest BCUT2D eigenvalue weighted by Gasteiger charge is 2.27. The highest BCUT2D eigenvalue weighted by Crippen LogP contribution is 2.32. The highest BCUT2D eigenvalue weighted by molar-refractivity contribution is 5.90. The molecule has 0 aromatic heterocycles. The molecular formula is C16H14O6. The van der Waals surface area contributed by atoms with Crippen molar-refractivity contribution in [1.82, 2.24) is 0 Å². The van der Waals surface area contributed by atoms with Gasteiger partial charge in [-0.15, -0.1) is 0 Å². The van der Waals surface area contributed by atoms with Crippen molar-refractivity contribution >= 4 is 11.9 Å². The van der Waals surface area contributed by atoms with Crippen LogP contribution < -0.4 is 0 Å². The summed E-state index contributed by atoms with van der Waals surface area (Å²) in [5.74, 6) is -2.48. The second kappa shape index (κ2) is 6.38. The minimum atomic E-state index is -1.56. The maximum Gasteiger partial charge on any atom is 0.336 e. The van der Waals surface area contributed by atoms with Gasteiger partial charge in [-0.25, -0.2) is 9.59 Å². The van der Waals surface area contributed by atoms with Crippen LogP contribution in [0.25, 0.3) is 0 Å². The van der Waals surface area contributed by atoms with Gasteiger partial charge in [0.1, 0.15) is 12.2 Å². The zero-order valence-corrected chi connectivity index (χ0v) is 11.4. The van der Waals surface area contributed by atoms with Crippen LogP contribution in [0, 0.1) is 0 Å². The van der Waals surface area contributed by atoms with Crippen molar-refractivity contribution in [2.75, 3.05) is 0 Å². The Kier molecular flexibility index (Phi) is 4.55. The summed E-state index contributed by atoms with van der Waals surface area (Å²) in [7, 11) is 0. The molecule has 2 atom stereocenters. The summed E-state index contributed by atoms with van der Waals surface area (Å²) in [5.41, 5.74) is -0.269. The van der Waals surface area contributed by atoms with E-state index in [2.05, 4.69) is 0 Å². The Balaban J connectivity index is 2.45. The second-order valence-corrected chi connectivity index (χ2v) is 4.67. The van der Waals surface area contributed by atoms with E-state index in [1.807, 2.05) is 0 Å². The van der Waals surface area contributed by atoms with Crippen LogP contribution in [0.2, 0.25) is 0 Å². The standard InChI is InChI=1S/C16H14O6/c17-13(9-5-1-3-7-11(9)15(19)20)14(18)10-6-2-4-8-12(10)16(21)22/h1-8,13-14,17-18H,(H,19,20)(H,21,22). The topological polar surface area (TPSA) is 115 Å². The van der Waals surface area contributed by atoms with Gasteiger partial charge in [0.05, 0.1) is 11.1 Å². The number of carboxylic acid groups (broad SMARTS) is 2. The van der Waals surface area contributed by atoms with Crippen LogP contribution in [-0.2, 0) is 0 Å². The summed E-state index contributed by atoms with van der Waals surface area (Å²) < 4.78 is 0. The molecule has 4 N–H and O–H groups in total. The van der Waals surface area contributed by atoms with Gasteiger partial charge in [-0.3, -0.25) is 0 Å². The number of aliphatic hydroxyl groups is 2. The van der Waals surface area contributed by atoms with Gasteiger partial charge in [-0.05, 0) is 23.3 Å². The molecule has 0 aliphatic carbocycles. The molecule has 0 spiro atoms. The first-order valence-corrected chi connectivity index (χ1v) is 6.44. The number of rotatable bonds is 5. The molecule has 22 heavy (non-hydrogen) atoms. The van der Waals surface area contributed by atoms with E-state index in [1.165, 1.54) is 48.5 Å². The molecule has 114 valence electrons. The van der Waals surface area contributed by atoms with Crippen molar-refractivity contribution < 1.29 is 30.0 Å². The van der Waals surface area contributed by atoms with E-state index < -0.39 is 24.1 Å². The molecule has 6 nitrogen and oxygen atoms in total. The van der Waals surface area contributed by atoms with Crippen LogP contribution in [0.4, 0.5) is 0 Å². The van der Waals surface area contributed by atoms with Gasteiger partial charge in [0.15, 0.2) is 0 Å². The summed E-state index contributed by atoms with van der Waals surface area (Å²) in [6.45, 7) is 0. The van der Waals surface area contributed by atoms with Crippen molar-refractivity contribution in [1.29, 1.82) is 0 Å². The Hall–Kier alpha value is -2.70. The van der Waals surface area contributed by atoms with Crippen LogP contribution in [0.1, 0.15) is 44.1 Å². The quantitative estimate of drug-likeness (QED) is 0.670. The average molecular weight is 302 g/mol. The SMILES string of the molecule is O=C(O)c1ccccc1C(O)C(O)c1ccccc1C(=O)O. The third-order valence-electron chi connectivity index (χ3n) is 3.32. The fourth-order valence-electron chi connectivity index (χ4n) is 2.24. The highest BCUT2D eigenvalue weighted by atomic mass is 16.4. The predicted molar refractivity (Wildman–Crippen MR) is 76.7 cm³/mol. The van der Waals surface area contributed by atoms with Gasteiger partial charge in [0.25, 0.3) is 0 Å². The Morgan fingerprint density at radius 2 is 1.00 bits per heavy atom. The Morgan fingerprint density at radius 1 is 0.682 bits per heavy atom. The molecule has 0 heterocycles. The lowest BCUT2D eigenvalue weighted by Gasteiger charge is -2.21. The Labute approximate surface area is 125 Å². The maximum absolute atomic E-state index is 11.2. The first-order valence-electron chi connectivity index (χ1n) is 6.44. The molecule has 2 unspecified atom stereocenters. The lowest BCUT2D eigenvalue weighted by atomic mass is 9.92. The number of carbonyl (C=O) groups is 2. The number of hydrogen-bond acceptors (Lipinski definition) is 4. The van der Waals surface area contributed by atoms with Crippen molar-refractivity contribution in [3.8, 4) is 0 Å². The lowest BCUT2D eigenvalue weighted by Crippen LogP contribution is -2.17. The van der Waals surface area contributed by atoms with Crippen LogP contribution in [0.3, 0.4) is 0 Å². The van der Waals surface area contributed by atoms with E-state index >= 15 is 0 Å². The molecule has 0 amide bonds. The molecular weight excluding hydrogens is 288 g/mol. The molecule has 0 saturated carbocycles. The summed E-state index contributed by atoms with van der Waals surface area (Å²) >= 11 is 0. The van der Waals surface area contributed by atoms with E-state index in [4.69, 9.17) is 10.2 Å². The fraction of sp³-hybridized carbons (Fsp3) is 0.125. The van der Waals surface area contributed by atoms with Crippen LogP contribution in [0.5, 0.6) is 0 Å². The summed E-state index contributed by atoms with van der Waals surface area (Å²) in [5, 5.41) is 38.8. The predicted octanol–water partition coefficient (Wildman–Crippen LogP) is 1.85. The molecule has 2 aromatic rings. The molecule has 0 fully saturated rings. The van der Waals surface area contributed by atoms with E-state index in [-0.39, 0.29) is 22.3 Å². The van der Waals surface area contributed by atoms with Crippen molar-refractivity contribution in [3.05, 3.63) is 70.8 Å². The average Bonchev–Trinajstić information content (AvgIpc) is 2.53. The second-order valence-electron chi connectivity index (χ2n) is 4.67. The number of benzene rings is 2. The Bertz CT molecular complexity index is 648. The molecule has 6 heteroatoms. The van der Waals surface area contributed by atoms with Gasteiger partial charge in [-0.1, -0.05) is 36.4 Å². The third-order valence-corrected chi connectivity index (χ3v) is 3.32. The van der Waals surface area contributed by atoms with Crippen LogP contribution >= 0.6 is 0 Å². The fourth-order valence-corrected chi connectivity index (χ4v) is 2.24. The van der Waals surface area contributed by atoms with Crippen molar-refractivity contribution in [2.45, 2.75) is 12.2 Å². The summed E-state index contributed by atoms with van der Waals surface area (Å²) in [4.78, 5) is 22.3. The minimum Gasteiger partial charge on any atom is -0.478 e. The largest absolute Gasteiger partial charge is 0.478 e. The minimum absolute atomic E-state index is 0.0164. The number of hydrogen-bond donors (Lipinski definition) is 4. The zero-order valence-electron chi connectivity index (χ0n) is 11.4. The van der Waals surface area contributed by atoms with Gasteiger partial charge in [0, 0.05) is 0 Å². The monoisotopic (exact) mass is 302 g/mol. The van der Waals surface area contributed by atoms with E-state index in [9.17, 15) is 19.8 Å².